The maximum absolute atomic E-state index is 5.92. The molecule has 2 N–H and O–H groups in total. The number of thioether (sulfide) groups is 1. The van der Waals surface area contributed by atoms with E-state index in [1.165, 1.54) is 22.9 Å². The van der Waals surface area contributed by atoms with Crippen molar-refractivity contribution in [2.75, 3.05) is 12.4 Å². The van der Waals surface area contributed by atoms with Gasteiger partial charge in [-0.15, -0.1) is 0 Å². The molecule has 0 aliphatic carbocycles. The number of nitrogens with zero attached hydrogens (tertiary/aromatic N) is 1. The molecule has 2 aromatic carbocycles. The Labute approximate surface area is 130 Å². The van der Waals surface area contributed by atoms with E-state index in [-0.39, 0.29) is 0 Å². The number of hydrogen-bond donors (Lipinski definition) is 1. The summed E-state index contributed by atoms with van der Waals surface area (Å²) in [6.45, 7) is 4.70. The number of nitrogens with two attached hydrogens (primary N) is 1. The molecule has 2 aromatic rings. The molecule has 0 spiro atoms. The average Bonchev–Trinajstić information content (AvgIpc) is 2.44. The third-order valence-electron chi connectivity index (χ3n) is 2.83. The van der Waals surface area contributed by atoms with Gasteiger partial charge in [-0.2, -0.15) is 0 Å². The van der Waals surface area contributed by atoms with Crippen molar-refractivity contribution in [3.8, 4) is 5.75 Å². The van der Waals surface area contributed by atoms with Gasteiger partial charge in [0.15, 0.2) is 5.17 Å². The third kappa shape index (κ3) is 5.52. The fourth-order valence-corrected chi connectivity index (χ4v) is 2.41. The first-order valence-corrected chi connectivity index (χ1v) is 7.85. The highest BCUT2D eigenvalue weighted by molar-refractivity contribution is 8.13. The summed E-state index contributed by atoms with van der Waals surface area (Å²) < 4.78 is 5.68. The molecule has 0 aromatic heterocycles. The molecule has 2 rings (SSSR count). The van der Waals surface area contributed by atoms with Gasteiger partial charge < -0.3 is 10.5 Å². The maximum atomic E-state index is 5.92. The molecule has 0 aliphatic heterocycles. The monoisotopic (exact) mass is 300 g/mol. The molecular formula is C17H20N2OS. The van der Waals surface area contributed by atoms with Crippen molar-refractivity contribution < 1.29 is 4.74 Å². The zero-order valence-electron chi connectivity index (χ0n) is 12.4. The van der Waals surface area contributed by atoms with Crippen LogP contribution in [0.1, 0.15) is 11.1 Å². The lowest BCUT2D eigenvalue weighted by Gasteiger charge is -2.06. The summed E-state index contributed by atoms with van der Waals surface area (Å²) >= 11 is 1.50. The predicted octanol–water partition coefficient (Wildman–Crippen LogP) is 4.06. The Balaban J connectivity index is 1.78. The molecule has 0 saturated carbocycles. The minimum atomic E-state index is 0.563. The second-order valence-electron chi connectivity index (χ2n) is 4.80. The first-order chi connectivity index (χ1) is 10.1. The second kappa shape index (κ2) is 7.74. The van der Waals surface area contributed by atoms with E-state index in [2.05, 4.69) is 4.99 Å². The second-order valence-corrected chi connectivity index (χ2v) is 5.92. The van der Waals surface area contributed by atoms with Gasteiger partial charge in [0.25, 0.3) is 0 Å². The van der Waals surface area contributed by atoms with Crippen LogP contribution in [0.2, 0.25) is 0 Å². The number of aryl methyl sites for hydroxylation is 2. The third-order valence-corrected chi connectivity index (χ3v) is 3.59. The van der Waals surface area contributed by atoms with Crippen LogP contribution in [0.25, 0.3) is 0 Å². The van der Waals surface area contributed by atoms with Crippen LogP contribution in [0.3, 0.4) is 0 Å². The lowest BCUT2D eigenvalue weighted by Crippen LogP contribution is -2.10. The number of hydrogen-bond acceptors (Lipinski definition) is 3. The van der Waals surface area contributed by atoms with E-state index in [1.54, 1.807) is 0 Å². The number of amidine groups is 1. The highest BCUT2D eigenvalue weighted by Crippen LogP contribution is 2.16. The van der Waals surface area contributed by atoms with Crippen LogP contribution in [0, 0.1) is 13.8 Å². The van der Waals surface area contributed by atoms with Crippen LogP contribution < -0.4 is 10.5 Å². The normalized spacial score (nSPS) is 11.4. The summed E-state index contributed by atoms with van der Waals surface area (Å²) in [5.74, 6) is 1.67. The van der Waals surface area contributed by atoms with E-state index in [1.807, 2.05) is 62.4 Å². The van der Waals surface area contributed by atoms with Crippen molar-refractivity contribution >= 4 is 22.6 Å². The summed E-state index contributed by atoms with van der Waals surface area (Å²) in [4.78, 5) is 4.38. The van der Waals surface area contributed by atoms with Gasteiger partial charge in [-0.25, -0.2) is 4.99 Å². The van der Waals surface area contributed by atoms with Crippen LogP contribution in [-0.4, -0.2) is 17.5 Å². The molecule has 0 fully saturated rings. The smallest absolute Gasteiger partial charge is 0.159 e. The SMILES string of the molecule is Cc1cccc(N=C(N)SCCOc2cccc(C)c2)c1. The van der Waals surface area contributed by atoms with E-state index in [4.69, 9.17) is 10.5 Å². The highest BCUT2D eigenvalue weighted by Gasteiger charge is 1.98. The molecule has 0 unspecified atom stereocenters. The zero-order chi connectivity index (χ0) is 15.1. The largest absolute Gasteiger partial charge is 0.493 e. The van der Waals surface area contributed by atoms with E-state index in [0.717, 1.165) is 17.2 Å². The average molecular weight is 300 g/mol. The van der Waals surface area contributed by atoms with Gasteiger partial charge in [-0.1, -0.05) is 36.0 Å². The van der Waals surface area contributed by atoms with Crippen molar-refractivity contribution in [1.82, 2.24) is 0 Å². The Kier molecular flexibility index (Phi) is 5.69. The van der Waals surface area contributed by atoms with Gasteiger partial charge in [-0.05, 0) is 49.2 Å². The van der Waals surface area contributed by atoms with Crippen molar-refractivity contribution in [3.63, 3.8) is 0 Å². The molecular weight excluding hydrogens is 280 g/mol. The van der Waals surface area contributed by atoms with E-state index in [0.29, 0.717) is 11.8 Å². The molecule has 0 saturated heterocycles. The van der Waals surface area contributed by atoms with Gasteiger partial charge in [0.05, 0.1) is 12.3 Å². The van der Waals surface area contributed by atoms with Crippen molar-refractivity contribution in [2.24, 2.45) is 10.7 Å². The topological polar surface area (TPSA) is 47.6 Å². The predicted molar refractivity (Wildman–Crippen MR) is 91.6 cm³/mol. The number of rotatable bonds is 5. The standard InChI is InChI=1S/C17H20N2OS/c1-13-5-3-7-15(11-13)19-17(18)21-10-9-20-16-8-4-6-14(2)12-16/h3-8,11-12H,9-10H2,1-2H3,(H2,18,19). The molecule has 3 nitrogen and oxygen atoms in total. The van der Waals surface area contributed by atoms with Gasteiger partial charge in [0.1, 0.15) is 5.75 Å². The van der Waals surface area contributed by atoms with E-state index >= 15 is 0 Å². The molecule has 4 heteroatoms. The van der Waals surface area contributed by atoms with Gasteiger partial charge >= 0.3 is 0 Å². The van der Waals surface area contributed by atoms with Crippen LogP contribution in [0.5, 0.6) is 5.75 Å². The minimum absolute atomic E-state index is 0.563. The van der Waals surface area contributed by atoms with Gasteiger partial charge in [0.2, 0.25) is 0 Å². The Morgan fingerprint density at radius 1 is 1.10 bits per heavy atom. The molecule has 110 valence electrons. The fourth-order valence-electron chi connectivity index (χ4n) is 1.87. The Morgan fingerprint density at radius 2 is 1.81 bits per heavy atom. The van der Waals surface area contributed by atoms with Gasteiger partial charge in [0, 0.05) is 5.75 Å². The van der Waals surface area contributed by atoms with Gasteiger partial charge in [-0.3, -0.25) is 0 Å². The van der Waals surface area contributed by atoms with E-state index < -0.39 is 0 Å². The summed E-state index contributed by atoms with van der Waals surface area (Å²) in [7, 11) is 0. The Morgan fingerprint density at radius 3 is 2.52 bits per heavy atom. The van der Waals surface area contributed by atoms with Crippen molar-refractivity contribution in [3.05, 3.63) is 59.7 Å². The summed E-state index contributed by atoms with van der Waals surface area (Å²) in [6.07, 6.45) is 0. The lowest BCUT2D eigenvalue weighted by atomic mass is 10.2. The molecule has 0 atom stereocenters. The fraction of sp³-hybridized carbons (Fsp3) is 0.235. The summed E-state index contributed by atoms with van der Waals surface area (Å²) in [5, 5.41) is 0.563. The molecule has 0 heterocycles. The van der Waals surface area contributed by atoms with Crippen molar-refractivity contribution in [1.29, 1.82) is 0 Å². The lowest BCUT2D eigenvalue weighted by molar-refractivity contribution is 0.344. The number of benzene rings is 2. The molecule has 0 bridgehead atoms. The molecule has 0 aliphatic rings. The minimum Gasteiger partial charge on any atom is -0.493 e. The quantitative estimate of drug-likeness (QED) is 0.514. The molecule has 0 amide bonds. The Bertz CT molecular complexity index is 626. The first kappa shape index (κ1) is 15.4. The summed E-state index contributed by atoms with van der Waals surface area (Å²) in [6, 6.07) is 16.0. The zero-order valence-corrected chi connectivity index (χ0v) is 13.2. The van der Waals surface area contributed by atoms with E-state index in [9.17, 15) is 0 Å². The maximum Gasteiger partial charge on any atom is 0.159 e. The molecule has 21 heavy (non-hydrogen) atoms. The van der Waals surface area contributed by atoms with Crippen LogP contribution in [0.4, 0.5) is 5.69 Å². The van der Waals surface area contributed by atoms with Crippen LogP contribution in [0.15, 0.2) is 53.5 Å². The summed E-state index contributed by atoms with van der Waals surface area (Å²) in [5.41, 5.74) is 9.18. The van der Waals surface area contributed by atoms with Crippen LogP contribution in [-0.2, 0) is 0 Å². The Hall–Kier alpha value is -1.94. The number of aliphatic imine (C=N–C) groups is 1. The van der Waals surface area contributed by atoms with Crippen molar-refractivity contribution in [2.45, 2.75) is 13.8 Å². The first-order valence-electron chi connectivity index (χ1n) is 6.86. The molecule has 0 radical (unpaired) electrons. The van der Waals surface area contributed by atoms with Crippen LogP contribution >= 0.6 is 11.8 Å². The number of ether oxygens (including phenoxy) is 1. The highest BCUT2D eigenvalue weighted by atomic mass is 32.2.